The molecule has 1 aromatic rings. The lowest BCUT2D eigenvalue weighted by Gasteiger charge is -2.20. The van der Waals surface area contributed by atoms with E-state index in [4.69, 9.17) is 0 Å². The molecule has 3 nitrogen and oxygen atoms in total. The van der Waals surface area contributed by atoms with Gasteiger partial charge in [0, 0.05) is 23.9 Å². The Labute approximate surface area is 107 Å². The van der Waals surface area contributed by atoms with Gasteiger partial charge in [-0.3, -0.25) is 4.79 Å². The van der Waals surface area contributed by atoms with Crippen LogP contribution in [0.4, 0.5) is 4.39 Å². The highest BCUT2D eigenvalue weighted by Gasteiger charge is 2.32. The molecule has 3 atom stereocenters. The highest BCUT2D eigenvalue weighted by Crippen LogP contribution is 2.33. The van der Waals surface area contributed by atoms with Gasteiger partial charge in [0.1, 0.15) is 0 Å². The Bertz CT molecular complexity index is 436. The van der Waals surface area contributed by atoms with E-state index in [1.54, 1.807) is 0 Å². The minimum absolute atomic E-state index is 0.204. The van der Waals surface area contributed by atoms with Crippen molar-refractivity contribution in [3.63, 3.8) is 0 Å². The maximum Gasteiger partial charge on any atom is 0.251 e. The summed E-state index contributed by atoms with van der Waals surface area (Å²) in [5, 5.41) is 3.00. The first-order valence-electron chi connectivity index (χ1n) is 6.54. The van der Waals surface area contributed by atoms with Crippen molar-refractivity contribution in [2.24, 2.45) is 11.8 Å². The van der Waals surface area contributed by atoms with Crippen LogP contribution < -0.4 is 5.32 Å². The number of pyridine rings is 1. The van der Waals surface area contributed by atoms with E-state index in [1.807, 2.05) is 0 Å². The molecule has 1 aromatic heterocycles. The summed E-state index contributed by atoms with van der Waals surface area (Å²) in [4.78, 5) is 15.4. The number of aromatic nitrogens is 1. The second kappa shape index (κ2) is 5.46. The molecule has 18 heavy (non-hydrogen) atoms. The van der Waals surface area contributed by atoms with Crippen molar-refractivity contribution in [3.8, 4) is 0 Å². The van der Waals surface area contributed by atoms with Crippen LogP contribution in [0.3, 0.4) is 0 Å². The van der Waals surface area contributed by atoms with Gasteiger partial charge in [0.15, 0.2) is 0 Å². The molecule has 4 heteroatoms. The van der Waals surface area contributed by atoms with Crippen LogP contribution >= 0.6 is 0 Å². The third-order valence-corrected chi connectivity index (χ3v) is 4.06. The van der Waals surface area contributed by atoms with Gasteiger partial charge in [-0.2, -0.15) is 4.39 Å². The summed E-state index contributed by atoms with van der Waals surface area (Å²) in [6, 6.07) is 2.92. The molecule has 1 N–H and O–H groups in total. The van der Waals surface area contributed by atoms with Gasteiger partial charge in [0.2, 0.25) is 5.95 Å². The molecule has 1 aliphatic carbocycles. The van der Waals surface area contributed by atoms with Crippen molar-refractivity contribution < 1.29 is 9.18 Å². The number of amides is 1. The Morgan fingerprint density at radius 3 is 2.94 bits per heavy atom. The summed E-state index contributed by atoms with van der Waals surface area (Å²) >= 11 is 0. The third kappa shape index (κ3) is 2.68. The molecule has 2 rings (SSSR count). The third-order valence-electron chi connectivity index (χ3n) is 4.06. The predicted molar refractivity (Wildman–Crippen MR) is 67.6 cm³/mol. The first-order chi connectivity index (χ1) is 8.61. The molecule has 0 saturated heterocycles. The molecule has 98 valence electrons. The second-order valence-electron chi connectivity index (χ2n) is 5.05. The van der Waals surface area contributed by atoms with Gasteiger partial charge in [0.25, 0.3) is 5.91 Å². The van der Waals surface area contributed by atoms with Crippen molar-refractivity contribution in [1.82, 2.24) is 10.3 Å². The number of carbonyl (C=O) groups is 1. The van der Waals surface area contributed by atoms with Gasteiger partial charge >= 0.3 is 0 Å². The second-order valence-corrected chi connectivity index (χ2v) is 5.05. The molecule has 1 amide bonds. The molecule has 3 unspecified atom stereocenters. The first-order valence-corrected chi connectivity index (χ1v) is 6.54. The minimum Gasteiger partial charge on any atom is -0.349 e. The van der Waals surface area contributed by atoms with Crippen LogP contribution in [0.5, 0.6) is 0 Å². The van der Waals surface area contributed by atoms with Crippen molar-refractivity contribution >= 4 is 5.91 Å². The van der Waals surface area contributed by atoms with Crippen molar-refractivity contribution in [3.05, 3.63) is 29.8 Å². The average molecular weight is 250 g/mol. The first kappa shape index (κ1) is 13.0. The molecule has 0 spiro atoms. The van der Waals surface area contributed by atoms with E-state index in [1.165, 1.54) is 18.3 Å². The number of hydrogen-bond acceptors (Lipinski definition) is 2. The summed E-state index contributed by atoms with van der Waals surface area (Å²) < 4.78 is 12.9. The number of carbonyl (C=O) groups excluding carboxylic acids is 1. The average Bonchev–Trinajstić information content (AvgIpc) is 2.70. The van der Waals surface area contributed by atoms with E-state index >= 15 is 0 Å². The van der Waals surface area contributed by atoms with E-state index in [-0.39, 0.29) is 11.9 Å². The molecule has 1 aliphatic rings. The SMILES string of the molecule is CCC1CCC(NC(=O)c2ccnc(F)c2)C1C. The summed E-state index contributed by atoms with van der Waals surface area (Å²) in [7, 11) is 0. The highest BCUT2D eigenvalue weighted by molar-refractivity contribution is 5.94. The van der Waals surface area contributed by atoms with Crippen LogP contribution in [0.25, 0.3) is 0 Å². The number of hydrogen-bond donors (Lipinski definition) is 1. The van der Waals surface area contributed by atoms with Crippen LogP contribution in [0.15, 0.2) is 18.3 Å². The largest absolute Gasteiger partial charge is 0.349 e. The summed E-state index contributed by atoms with van der Waals surface area (Å²) in [5.41, 5.74) is 0.342. The molecule has 1 heterocycles. The van der Waals surface area contributed by atoms with Crippen molar-refractivity contribution in [2.75, 3.05) is 0 Å². The zero-order valence-corrected chi connectivity index (χ0v) is 10.8. The van der Waals surface area contributed by atoms with Gasteiger partial charge in [-0.05, 0) is 30.7 Å². The Morgan fingerprint density at radius 1 is 1.56 bits per heavy atom. The number of rotatable bonds is 3. The fraction of sp³-hybridized carbons (Fsp3) is 0.571. The maximum absolute atomic E-state index is 12.9. The zero-order chi connectivity index (χ0) is 13.1. The predicted octanol–water partition coefficient (Wildman–Crippen LogP) is 2.78. The van der Waals surface area contributed by atoms with Crippen LogP contribution in [-0.4, -0.2) is 16.9 Å². The van der Waals surface area contributed by atoms with Gasteiger partial charge in [0.05, 0.1) is 0 Å². The monoisotopic (exact) mass is 250 g/mol. The lowest BCUT2D eigenvalue weighted by atomic mass is 9.93. The summed E-state index contributed by atoms with van der Waals surface area (Å²) in [6.07, 6.45) is 4.64. The topological polar surface area (TPSA) is 42.0 Å². The van der Waals surface area contributed by atoms with Gasteiger partial charge in [-0.1, -0.05) is 20.3 Å². The van der Waals surface area contributed by atoms with E-state index in [0.29, 0.717) is 17.4 Å². The van der Waals surface area contributed by atoms with E-state index < -0.39 is 5.95 Å². The summed E-state index contributed by atoms with van der Waals surface area (Å²) in [6.45, 7) is 4.36. The van der Waals surface area contributed by atoms with Gasteiger partial charge < -0.3 is 5.32 Å². The Morgan fingerprint density at radius 2 is 2.33 bits per heavy atom. The quantitative estimate of drug-likeness (QED) is 0.838. The molecule has 0 aromatic carbocycles. The molecule has 0 radical (unpaired) electrons. The van der Waals surface area contributed by atoms with Crippen molar-refractivity contribution in [1.29, 1.82) is 0 Å². The van der Waals surface area contributed by atoms with E-state index in [0.717, 1.165) is 19.3 Å². The lowest BCUT2D eigenvalue weighted by Crippen LogP contribution is -2.37. The van der Waals surface area contributed by atoms with Gasteiger partial charge in [-0.25, -0.2) is 4.98 Å². The fourth-order valence-electron chi connectivity index (χ4n) is 2.82. The van der Waals surface area contributed by atoms with E-state index in [9.17, 15) is 9.18 Å². The van der Waals surface area contributed by atoms with E-state index in [2.05, 4.69) is 24.1 Å². The Hall–Kier alpha value is -1.45. The lowest BCUT2D eigenvalue weighted by molar-refractivity contribution is 0.0926. The summed E-state index contributed by atoms with van der Waals surface area (Å²) in [5.74, 6) is 0.355. The van der Waals surface area contributed by atoms with Crippen LogP contribution in [0.1, 0.15) is 43.5 Å². The smallest absolute Gasteiger partial charge is 0.251 e. The molecular weight excluding hydrogens is 231 g/mol. The molecule has 0 bridgehead atoms. The Kier molecular flexibility index (Phi) is 3.94. The van der Waals surface area contributed by atoms with Gasteiger partial charge in [-0.15, -0.1) is 0 Å². The molecule has 1 fully saturated rings. The molecular formula is C14H19FN2O. The Balaban J connectivity index is 2.00. The number of halogens is 1. The highest BCUT2D eigenvalue weighted by atomic mass is 19.1. The van der Waals surface area contributed by atoms with Crippen LogP contribution in [0, 0.1) is 17.8 Å². The standard InChI is InChI=1S/C14H19FN2O/c1-3-10-4-5-12(9(10)2)17-14(18)11-6-7-16-13(15)8-11/h6-10,12H,3-5H2,1-2H3,(H,17,18). The van der Waals surface area contributed by atoms with Crippen molar-refractivity contribution in [2.45, 2.75) is 39.2 Å². The van der Waals surface area contributed by atoms with Crippen LogP contribution in [0.2, 0.25) is 0 Å². The fourth-order valence-corrected chi connectivity index (χ4v) is 2.82. The minimum atomic E-state index is -0.617. The number of nitrogens with zero attached hydrogens (tertiary/aromatic N) is 1. The maximum atomic E-state index is 12.9. The number of nitrogens with one attached hydrogen (secondary N) is 1. The van der Waals surface area contributed by atoms with Crippen LogP contribution in [-0.2, 0) is 0 Å². The molecule has 0 aliphatic heterocycles. The normalized spacial score (nSPS) is 27.2. The zero-order valence-electron chi connectivity index (χ0n) is 10.8. The molecule has 1 saturated carbocycles.